The second kappa shape index (κ2) is 14.1. The van der Waals surface area contributed by atoms with E-state index in [-0.39, 0.29) is 5.41 Å². The van der Waals surface area contributed by atoms with Crippen LogP contribution >= 0.6 is 0 Å². The van der Waals surface area contributed by atoms with Crippen LogP contribution in [-0.2, 0) is 11.8 Å². The molecule has 0 amide bonds. The normalized spacial score (nSPS) is 14.9. The topological polar surface area (TPSA) is 13.1 Å². The summed E-state index contributed by atoms with van der Waals surface area (Å²) in [5, 5.41) is 3.89. The van der Waals surface area contributed by atoms with Crippen LogP contribution in [0.1, 0.15) is 63.6 Å². The largest absolute Gasteiger partial charge is 0.459 e. The first kappa shape index (κ1) is 31.8. The fraction of sp³-hybridized carbons (Fsp3) is 0.174. The van der Waals surface area contributed by atoms with Crippen LogP contribution in [0.3, 0.4) is 0 Å². The number of hydrogen-bond acceptors (Lipinski definition) is 1. The van der Waals surface area contributed by atoms with E-state index in [0.29, 0.717) is 0 Å². The average molecular weight is 613 g/mol. The Morgan fingerprint density at radius 1 is 0.596 bits per heavy atom. The van der Waals surface area contributed by atoms with Gasteiger partial charge in [-0.05, 0) is 92.1 Å². The molecule has 8 rings (SSSR count). The second-order valence-corrected chi connectivity index (χ2v) is 13.0. The van der Waals surface area contributed by atoms with E-state index in [2.05, 4.69) is 180 Å². The molecule has 1 heteroatoms. The van der Waals surface area contributed by atoms with Crippen LogP contribution in [0.4, 0.5) is 0 Å². The molecule has 1 aromatic heterocycles. The number of furan rings is 1. The van der Waals surface area contributed by atoms with Crippen molar-refractivity contribution in [3.8, 4) is 0 Å². The van der Waals surface area contributed by atoms with Crippen LogP contribution < -0.4 is 0 Å². The van der Waals surface area contributed by atoms with Crippen LogP contribution in [0.5, 0.6) is 0 Å². The van der Waals surface area contributed by atoms with Gasteiger partial charge in [0.25, 0.3) is 0 Å². The zero-order chi connectivity index (χ0) is 32.8. The number of fused-ring (bicyclic) bond motifs is 4. The summed E-state index contributed by atoms with van der Waals surface area (Å²) in [6, 6.07) is 49.2. The maximum Gasteiger partial charge on any atom is 0.134 e. The molecule has 1 unspecified atom stereocenters. The van der Waals surface area contributed by atoms with Gasteiger partial charge in [-0.2, -0.15) is 0 Å². The Kier molecular flexibility index (Phi) is 9.55. The molecule has 0 bridgehead atoms. The third-order valence-corrected chi connectivity index (χ3v) is 9.38. The lowest BCUT2D eigenvalue weighted by Crippen LogP contribution is -2.24. The van der Waals surface area contributed by atoms with Crippen LogP contribution in [0, 0.1) is 27.7 Å². The first-order chi connectivity index (χ1) is 22.8. The highest BCUT2D eigenvalue weighted by Gasteiger charge is 2.36. The average Bonchev–Trinajstić information content (AvgIpc) is 3.49. The quantitative estimate of drug-likeness (QED) is 0.193. The van der Waals surface area contributed by atoms with Crippen molar-refractivity contribution < 1.29 is 4.42 Å². The van der Waals surface area contributed by atoms with E-state index < -0.39 is 0 Å². The minimum absolute atomic E-state index is 0.0865. The molecular formula is C46H44O. The molecular weight excluding hydrogens is 569 g/mol. The summed E-state index contributed by atoms with van der Waals surface area (Å²) in [7, 11) is 0. The summed E-state index contributed by atoms with van der Waals surface area (Å²) < 4.78 is 6.24. The molecule has 234 valence electrons. The predicted octanol–water partition coefficient (Wildman–Crippen LogP) is 12.5. The summed E-state index contributed by atoms with van der Waals surface area (Å²) in [6.07, 6.45) is 6.48. The van der Waals surface area contributed by atoms with Gasteiger partial charge in [-0.1, -0.05) is 157 Å². The molecule has 47 heavy (non-hydrogen) atoms. The fourth-order valence-electron chi connectivity index (χ4n) is 6.51. The molecule has 0 saturated heterocycles. The van der Waals surface area contributed by atoms with Crippen molar-refractivity contribution in [3.05, 3.63) is 196 Å². The Hall–Kier alpha value is -5.14. The number of para-hydroxylation sites is 1. The number of allylic oxidation sites excluding steroid dienone is 1. The number of benzene rings is 6. The molecule has 1 aliphatic rings. The standard InChI is InChI=1S/C20H18O.C15H16.C11H10/c1-14-9-11-15(12-10-14)20(2)13-5-7-17-16-6-3-4-8-18(16)21-19(17)20;1-12-8-9-13(2)15(10-12)11-14-6-4-3-5-7-14;1-9-5-4-7-10-6-2-3-8-11(9)10/h3-12H,13H2,1-2H3;3-10H,11H2,1-2H3;2-8H,1H3. The minimum Gasteiger partial charge on any atom is -0.459 e. The van der Waals surface area contributed by atoms with E-state index in [4.69, 9.17) is 4.42 Å². The van der Waals surface area contributed by atoms with Gasteiger partial charge in [-0.3, -0.25) is 0 Å². The Balaban J connectivity index is 0.000000130. The highest BCUT2D eigenvalue weighted by molar-refractivity contribution is 5.90. The highest BCUT2D eigenvalue weighted by Crippen LogP contribution is 2.45. The van der Waals surface area contributed by atoms with Crippen molar-refractivity contribution in [1.29, 1.82) is 0 Å². The van der Waals surface area contributed by atoms with E-state index in [1.807, 2.05) is 6.07 Å². The van der Waals surface area contributed by atoms with Crippen molar-refractivity contribution >= 4 is 27.8 Å². The molecule has 7 aromatic rings. The van der Waals surface area contributed by atoms with Gasteiger partial charge in [-0.15, -0.1) is 0 Å². The summed E-state index contributed by atoms with van der Waals surface area (Å²) in [6.45, 7) is 10.9. The lowest BCUT2D eigenvalue weighted by Gasteiger charge is -2.30. The van der Waals surface area contributed by atoms with Crippen LogP contribution in [-0.4, -0.2) is 0 Å². The summed E-state index contributed by atoms with van der Waals surface area (Å²) in [5.41, 5.74) is 11.6. The van der Waals surface area contributed by atoms with Crippen molar-refractivity contribution in [2.75, 3.05) is 0 Å². The van der Waals surface area contributed by atoms with Crippen molar-refractivity contribution in [1.82, 2.24) is 0 Å². The van der Waals surface area contributed by atoms with E-state index >= 15 is 0 Å². The molecule has 0 N–H and O–H groups in total. The van der Waals surface area contributed by atoms with E-state index in [1.165, 1.54) is 60.7 Å². The predicted molar refractivity (Wildman–Crippen MR) is 201 cm³/mol. The van der Waals surface area contributed by atoms with Gasteiger partial charge in [0.2, 0.25) is 0 Å². The van der Waals surface area contributed by atoms with E-state index in [0.717, 1.165) is 24.2 Å². The first-order valence-electron chi connectivity index (χ1n) is 16.6. The number of rotatable bonds is 3. The van der Waals surface area contributed by atoms with E-state index in [1.54, 1.807) is 0 Å². The van der Waals surface area contributed by atoms with Gasteiger partial charge in [0.1, 0.15) is 11.3 Å². The molecule has 0 aliphatic heterocycles. The molecule has 1 atom stereocenters. The molecule has 0 spiro atoms. The minimum atomic E-state index is -0.0865. The Bertz CT molecular complexity index is 2120. The highest BCUT2D eigenvalue weighted by atomic mass is 16.3. The van der Waals surface area contributed by atoms with E-state index in [9.17, 15) is 0 Å². The number of aryl methyl sites for hydroxylation is 4. The number of hydrogen-bond donors (Lipinski definition) is 0. The Morgan fingerprint density at radius 3 is 2.02 bits per heavy atom. The SMILES string of the molecule is Cc1ccc(C)c(Cc2ccccc2)c1.Cc1ccc(C2(C)CC=Cc3c2oc2ccccc32)cc1.Cc1cccc2ccccc12. The van der Waals surface area contributed by atoms with Crippen LogP contribution in [0.25, 0.3) is 27.8 Å². The summed E-state index contributed by atoms with van der Waals surface area (Å²) in [5.74, 6) is 1.09. The third-order valence-electron chi connectivity index (χ3n) is 9.38. The molecule has 1 nitrogen and oxygen atoms in total. The van der Waals surface area contributed by atoms with Crippen molar-refractivity contribution in [2.24, 2.45) is 0 Å². The molecule has 1 aliphatic carbocycles. The first-order valence-corrected chi connectivity index (χ1v) is 16.6. The van der Waals surface area contributed by atoms with Crippen LogP contribution in [0.2, 0.25) is 0 Å². The second-order valence-electron chi connectivity index (χ2n) is 13.0. The smallest absolute Gasteiger partial charge is 0.134 e. The van der Waals surface area contributed by atoms with Crippen LogP contribution in [0.15, 0.2) is 150 Å². The lowest BCUT2D eigenvalue weighted by molar-refractivity contribution is 0.425. The zero-order valence-electron chi connectivity index (χ0n) is 28.3. The summed E-state index contributed by atoms with van der Waals surface area (Å²) in [4.78, 5) is 0. The fourth-order valence-corrected chi connectivity index (χ4v) is 6.51. The third kappa shape index (κ3) is 7.16. The van der Waals surface area contributed by atoms with Gasteiger partial charge in [0.05, 0.1) is 5.41 Å². The Morgan fingerprint density at radius 2 is 1.26 bits per heavy atom. The van der Waals surface area contributed by atoms with Gasteiger partial charge in [0, 0.05) is 10.9 Å². The van der Waals surface area contributed by atoms with Gasteiger partial charge in [0.15, 0.2) is 0 Å². The molecule has 6 aromatic carbocycles. The van der Waals surface area contributed by atoms with Gasteiger partial charge < -0.3 is 4.42 Å². The molecule has 0 fully saturated rings. The lowest BCUT2D eigenvalue weighted by atomic mass is 9.73. The van der Waals surface area contributed by atoms with Gasteiger partial charge in [-0.25, -0.2) is 0 Å². The zero-order valence-corrected chi connectivity index (χ0v) is 28.3. The van der Waals surface area contributed by atoms with Gasteiger partial charge >= 0.3 is 0 Å². The molecule has 0 saturated carbocycles. The summed E-state index contributed by atoms with van der Waals surface area (Å²) >= 11 is 0. The maximum absolute atomic E-state index is 6.24. The van der Waals surface area contributed by atoms with Crippen molar-refractivity contribution in [3.63, 3.8) is 0 Å². The monoisotopic (exact) mass is 612 g/mol. The maximum atomic E-state index is 6.24. The molecule has 1 heterocycles. The van der Waals surface area contributed by atoms with Crippen molar-refractivity contribution in [2.45, 2.75) is 52.9 Å². The Labute approximate surface area is 280 Å². The molecule has 0 radical (unpaired) electrons.